The Kier molecular flexibility index (Phi) is 4.28. The number of aromatic nitrogens is 1. The number of aliphatic hydroxyl groups is 1. The monoisotopic (exact) mass is 278 g/mol. The first kappa shape index (κ1) is 14.8. The van der Waals surface area contributed by atoms with Gasteiger partial charge < -0.3 is 15.5 Å². The zero-order valence-electron chi connectivity index (χ0n) is 12.0. The van der Waals surface area contributed by atoms with Crippen LogP contribution >= 0.6 is 0 Å². The summed E-state index contributed by atoms with van der Waals surface area (Å²) < 4.78 is 0. The number of hydrogen-bond acceptors (Lipinski definition) is 4. The van der Waals surface area contributed by atoms with Crippen LogP contribution in [0.1, 0.15) is 48.7 Å². The molecule has 20 heavy (non-hydrogen) atoms. The maximum Gasteiger partial charge on any atom is 0.337 e. The van der Waals surface area contributed by atoms with Gasteiger partial charge in [0.2, 0.25) is 0 Å². The third kappa shape index (κ3) is 3.10. The minimum atomic E-state index is -0.968. The Balaban J connectivity index is 2.19. The average Bonchev–Trinajstić information content (AvgIpc) is 2.38. The second-order valence-electron chi connectivity index (χ2n) is 5.90. The minimum Gasteiger partial charge on any atom is -0.478 e. The SMILES string of the molecule is Cc1nc(NC2(CO)CCCC(C)C2)ccc1C(=O)O. The average molecular weight is 278 g/mol. The van der Waals surface area contributed by atoms with Crippen LogP contribution in [-0.2, 0) is 0 Å². The molecule has 1 aliphatic rings. The number of carbonyl (C=O) groups is 1. The number of nitrogens with zero attached hydrogens (tertiary/aromatic N) is 1. The largest absolute Gasteiger partial charge is 0.478 e. The van der Waals surface area contributed by atoms with E-state index in [-0.39, 0.29) is 17.7 Å². The summed E-state index contributed by atoms with van der Waals surface area (Å²) in [4.78, 5) is 15.3. The normalized spacial score (nSPS) is 26.2. The molecule has 1 aromatic heterocycles. The highest BCUT2D eigenvalue weighted by molar-refractivity contribution is 5.89. The molecule has 2 unspecified atom stereocenters. The quantitative estimate of drug-likeness (QED) is 0.788. The summed E-state index contributed by atoms with van der Waals surface area (Å²) in [5, 5.41) is 22.1. The zero-order valence-corrected chi connectivity index (χ0v) is 12.0. The lowest BCUT2D eigenvalue weighted by Gasteiger charge is -2.39. The number of aliphatic hydroxyl groups excluding tert-OH is 1. The Hall–Kier alpha value is -1.62. The molecule has 0 aliphatic heterocycles. The molecule has 2 rings (SSSR count). The summed E-state index contributed by atoms with van der Waals surface area (Å²) in [6, 6.07) is 3.23. The van der Waals surface area contributed by atoms with Crippen molar-refractivity contribution in [2.24, 2.45) is 5.92 Å². The lowest BCUT2D eigenvalue weighted by Crippen LogP contribution is -2.46. The van der Waals surface area contributed by atoms with Crippen LogP contribution in [0.4, 0.5) is 5.82 Å². The van der Waals surface area contributed by atoms with Crippen LogP contribution in [0.2, 0.25) is 0 Å². The van der Waals surface area contributed by atoms with Crippen LogP contribution in [0.3, 0.4) is 0 Å². The van der Waals surface area contributed by atoms with Crippen molar-refractivity contribution >= 4 is 11.8 Å². The predicted octanol–water partition coefficient (Wildman–Crippen LogP) is 2.44. The van der Waals surface area contributed by atoms with Crippen LogP contribution in [0.5, 0.6) is 0 Å². The van der Waals surface area contributed by atoms with Gasteiger partial charge in [-0.2, -0.15) is 0 Å². The smallest absolute Gasteiger partial charge is 0.337 e. The molecule has 0 saturated heterocycles. The first-order valence-corrected chi connectivity index (χ1v) is 7.06. The highest BCUT2D eigenvalue weighted by atomic mass is 16.4. The summed E-state index contributed by atoms with van der Waals surface area (Å²) in [5.41, 5.74) is 0.368. The Bertz CT molecular complexity index is 504. The van der Waals surface area contributed by atoms with Crippen LogP contribution in [0, 0.1) is 12.8 Å². The molecule has 1 heterocycles. The first-order chi connectivity index (χ1) is 9.46. The molecule has 2 atom stereocenters. The van der Waals surface area contributed by atoms with Gasteiger partial charge in [-0.05, 0) is 37.8 Å². The molecule has 110 valence electrons. The second-order valence-corrected chi connectivity index (χ2v) is 5.90. The maximum absolute atomic E-state index is 11.0. The fourth-order valence-corrected chi connectivity index (χ4v) is 3.09. The van der Waals surface area contributed by atoms with Crippen molar-refractivity contribution in [3.8, 4) is 0 Å². The number of hydrogen-bond donors (Lipinski definition) is 3. The van der Waals surface area contributed by atoms with Gasteiger partial charge in [0.05, 0.1) is 23.4 Å². The van der Waals surface area contributed by atoms with E-state index in [0.717, 1.165) is 19.3 Å². The van der Waals surface area contributed by atoms with E-state index in [1.807, 2.05) is 0 Å². The standard InChI is InChI=1S/C15H22N2O3/c1-10-4-3-7-15(8-10,9-18)17-13-6-5-12(14(19)20)11(2)16-13/h5-6,10,18H,3-4,7-9H2,1-2H3,(H,16,17)(H,19,20). The number of aryl methyl sites for hydroxylation is 1. The van der Waals surface area contributed by atoms with Crippen molar-refractivity contribution in [3.05, 3.63) is 23.4 Å². The molecule has 0 amide bonds. The Morgan fingerprint density at radius 1 is 1.55 bits per heavy atom. The van der Waals surface area contributed by atoms with Crippen LogP contribution < -0.4 is 5.32 Å². The molecular weight excluding hydrogens is 256 g/mol. The van der Waals surface area contributed by atoms with Gasteiger partial charge in [-0.1, -0.05) is 19.8 Å². The van der Waals surface area contributed by atoms with Gasteiger partial charge in [-0.3, -0.25) is 0 Å². The van der Waals surface area contributed by atoms with Gasteiger partial charge in [0, 0.05) is 0 Å². The second kappa shape index (κ2) is 5.79. The van der Waals surface area contributed by atoms with Crippen LogP contribution in [-0.4, -0.2) is 33.3 Å². The molecule has 5 nitrogen and oxygen atoms in total. The fraction of sp³-hybridized carbons (Fsp3) is 0.600. The third-order valence-electron chi connectivity index (χ3n) is 4.10. The van der Waals surface area contributed by atoms with Crippen molar-refractivity contribution in [2.75, 3.05) is 11.9 Å². The van der Waals surface area contributed by atoms with Gasteiger partial charge in [0.15, 0.2) is 0 Å². The zero-order chi connectivity index (χ0) is 14.8. The number of carboxylic acid groups (broad SMARTS) is 1. The maximum atomic E-state index is 11.0. The number of anilines is 1. The third-order valence-corrected chi connectivity index (χ3v) is 4.10. The van der Waals surface area contributed by atoms with E-state index in [1.165, 1.54) is 6.42 Å². The minimum absolute atomic E-state index is 0.0682. The molecule has 0 aromatic carbocycles. The summed E-state index contributed by atoms with van der Waals surface area (Å²) in [6.45, 7) is 3.94. The van der Waals surface area contributed by atoms with Crippen molar-refractivity contribution in [1.82, 2.24) is 4.98 Å². The number of pyridine rings is 1. The van der Waals surface area contributed by atoms with Crippen molar-refractivity contribution in [1.29, 1.82) is 0 Å². The van der Waals surface area contributed by atoms with Gasteiger partial charge in [0.25, 0.3) is 0 Å². The molecule has 5 heteroatoms. The number of aromatic carboxylic acids is 1. The van der Waals surface area contributed by atoms with Crippen molar-refractivity contribution in [2.45, 2.75) is 45.1 Å². The molecule has 3 N–H and O–H groups in total. The number of rotatable bonds is 4. The molecule has 1 aliphatic carbocycles. The Labute approximate surface area is 119 Å². The van der Waals surface area contributed by atoms with E-state index < -0.39 is 5.97 Å². The molecule has 0 radical (unpaired) electrons. The van der Waals surface area contributed by atoms with E-state index in [1.54, 1.807) is 19.1 Å². The van der Waals surface area contributed by atoms with E-state index in [4.69, 9.17) is 5.11 Å². The molecular formula is C15H22N2O3. The van der Waals surface area contributed by atoms with E-state index in [9.17, 15) is 9.90 Å². The first-order valence-electron chi connectivity index (χ1n) is 7.06. The summed E-state index contributed by atoms with van der Waals surface area (Å²) in [7, 11) is 0. The van der Waals surface area contributed by atoms with E-state index in [2.05, 4.69) is 17.2 Å². The van der Waals surface area contributed by atoms with E-state index >= 15 is 0 Å². The van der Waals surface area contributed by atoms with Gasteiger partial charge >= 0.3 is 5.97 Å². The molecule has 0 spiro atoms. The highest BCUT2D eigenvalue weighted by Crippen LogP contribution is 2.34. The molecule has 1 saturated carbocycles. The lowest BCUT2D eigenvalue weighted by atomic mass is 9.77. The lowest BCUT2D eigenvalue weighted by molar-refractivity contribution is 0.0695. The Morgan fingerprint density at radius 3 is 2.85 bits per heavy atom. The van der Waals surface area contributed by atoms with Crippen LogP contribution in [0.25, 0.3) is 0 Å². The number of carboxylic acids is 1. The van der Waals surface area contributed by atoms with Gasteiger partial charge in [-0.15, -0.1) is 0 Å². The van der Waals surface area contributed by atoms with Crippen molar-refractivity contribution in [3.63, 3.8) is 0 Å². The van der Waals surface area contributed by atoms with Crippen molar-refractivity contribution < 1.29 is 15.0 Å². The van der Waals surface area contributed by atoms with E-state index in [0.29, 0.717) is 17.4 Å². The molecule has 1 fully saturated rings. The van der Waals surface area contributed by atoms with Gasteiger partial charge in [0.1, 0.15) is 5.82 Å². The molecule has 0 bridgehead atoms. The fourth-order valence-electron chi connectivity index (χ4n) is 3.09. The summed E-state index contributed by atoms with van der Waals surface area (Å²) in [5.74, 6) is 0.239. The Morgan fingerprint density at radius 2 is 2.30 bits per heavy atom. The summed E-state index contributed by atoms with van der Waals surface area (Å²) >= 11 is 0. The van der Waals surface area contributed by atoms with Gasteiger partial charge in [-0.25, -0.2) is 9.78 Å². The highest BCUT2D eigenvalue weighted by Gasteiger charge is 2.34. The topological polar surface area (TPSA) is 82.5 Å². The number of nitrogens with one attached hydrogen (secondary N) is 1. The predicted molar refractivity (Wildman–Crippen MR) is 77.0 cm³/mol. The van der Waals surface area contributed by atoms with Crippen LogP contribution in [0.15, 0.2) is 12.1 Å². The summed E-state index contributed by atoms with van der Waals surface area (Å²) in [6.07, 6.45) is 4.09. The molecule has 1 aromatic rings.